The van der Waals surface area contributed by atoms with Crippen LogP contribution in [0, 0.1) is 0 Å². The molecule has 14 heavy (non-hydrogen) atoms. The summed E-state index contributed by atoms with van der Waals surface area (Å²) in [4.78, 5) is 3.09. The Hall–Kier alpha value is -1.15. The quantitative estimate of drug-likeness (QED) is 0.797. The molecular weight excluding hydrogens is 203 g/mol. The Morgan fingerprint density at radius 2 is 2.21 bits per heavy atom. The van der Waals surface area contributed by atoms with Crippen LogP contribution in [-0.2, 0) is 10.9 Å². The van der Waals surface area contributed by atoms with Gasteiger partial charge in [0.1, 0.15) is 0 Å². The molecule has 5 nitrogen and oxygen atoms in total. The molecule has 1 aromatic heterocycles. The lowest BCUT2D eigenvalue weighted by atomic mass is 10.3. The second kappa shape index (κ2) is 3.93. The van der Waals surface area contributed by atoms with E-state index in [9.17, 15) is 13.2 Å². The zero-order chi connectivity index (χ0) is 10.8. The lowest BCUT2D eigenvalue weighted by Crippen LogP contribution is -2.18. The van der Waals surface area contributed by atoms with Crippen molar-refractivity contribution >= 4 is 0 Å². The summed E-state index contributed by atoms with van der Waals surface area (Å²) in [5, 5.41) is 3.09. The van der Waals surface area contributed by atoms with Crippen LogP contribution in [0.15, 0.2) is 4.52 Å². The van der Waals surface area contributed by atoms with Gasteiger partial charge in [0.05, 0.1) is 12.6 Å². The van der Waals surface area contributed by atoms with E-state index in [0.29, 0.717) is 0 Å². The van der Waals surface area contributed by atoms with Crippen molar-refractivity contribution in [1.82, 2.24) is 10.1 Å². The normalized spacial score (nSPS) is 14.4. The summed E-state index contributed by atoms with van der Waals surface area (Å²) in [5.41, 5.74) is 5.38. The monoisotopic (exact) mass is 211 g/mol. The summed E-state index contributed by atoms with van der Waals surface area (Å²) in [7, 11) is 1.37. The van der Waals surface area contributed by atoms with Crippen molar-refractivity contribution in [3.05, 3.63) is 11.7 Å². The van der Waals surface area contributed by atoms with Gasteiger partial charge in [0.15, 0.2) is 5.82 Å². The van der Waals surface area contributed by atoms with Gasteiger partial charge < -0.3 is 15.0 Å². The zero-order valence-corrected chi connectivity index (χ0v) is 7.21. The van der Waals surface area contributed by atoms with E-state index in [-0.39, 0.29) is 12.4 Å². The third-order valence-electron chi connectivity index (χ3n) is 1.36. The van der Waals surface area contributed by atoms with Crippen LogP contribution in [0.3, 0.4) is 0 Å². The molecular formula is C6H8F3N3O2. The minimum absolute atomic E-state index is 0.0246. The number of nitrogens with two attached hydrogens (primary N) is 1. The second-order valence-corrected chi connectivity index (χ2v) is 2.52. The predicted molar refractivity (Wildman–Crippen MR) is 38.1 cm³/mol. The maximum absolute atomic E-state index is 12.0. The van der Waals surface area contributed by atoms with Crippen LogP contribution >= 0.6 is 0 Å². The Balaban J connectivity index is 2.78. The molecule has 0 aliphatic heterocycles. The maximum Gasteiger partial charge on any atom is 0.471 e. The Bertz CT molecular complexity index is 299. The molecule has 80 valence electrons. The van der Waals surface area contributed by atoms with Crippen LogP contribution in [0.4, 0.5) is 13.2 Å². The Morgan fingerprint density at radius 1 is 1.57 bits per heavy atom. The van der Waals surface area contributed by atoms with Crippen molar-refractivity contribution < 1.29 is 22.4 Å². The zero-order valence-electron chi connectivity index (χ0n) is 7.21. The number of methoxy groups -OCH3 is 1. The van der Waals surface area contributed by atoms with Gasteiger partial charge in [0, 0.05) is 7.11 Å². The highest BCUT2D eigenvalue weighted by Gasteiger charge is 2.38. The SMILES string of the molecule is COCC(N)c1noc(C(F)(F)F)n1. The highest BCUT2D eigenvalue weighted by Crippen LogP contribution is 2.27. The number of aromatic nitrogens is 2. The van der Waals surface area contributed by atoms with Gasteiger partial charge in [-0.1, -0.05) is 5.16 Å². The molecule has 8 heteroatoms. The topological polar surface area (TPSA) is 74.2 Å². The molecule has 0 bridgehead atoms. The van der Waals surface area contributed by atoms with Crippen LogP contribution in [-0.4, -0.2) is 23.9 Å². The molecule has 2 N–H and O–H groups in total. The van der Waals surface area contributed by atoms with E-state index in [4.69, 9.17) is 5.73 Å². The summed E-state index contributed by atoms with van der Waals surface area (Å²) in [6.45, 7) is 0.0246. The molecule has 0 aromatic carbocycles. The molecule has 1 unspecified atom stereocenters. The molecule has 1 atom stereocenters. The van der Waals surface area contributed by atoms with E-state index in [1.165, 1.54) is 7.11 Å². The van der Waals surface area contributed by atoms with Gasteiger partial charge in [-0.05, 0) is 0 Å². The Labute approximate surface area is 77.0 Å². The smallest absolute Gasteiger partial charge is 0.383 e. The van der Waals surface area contributed by atoms with Crippen molar-refractivity contribution in [2.75, 3.05) is 13.7 Å². The van der Waals surface area contributed by atoms with Crippen LogP contribution in [0.25, 0.3) is 0 Å². The maximum atomic E-state index is 12.0. The van der Waals surface area contributed by atoms with Crippen LogP contribution in [0.1, 0.15) is 17.8 Å². The highest BCUT2D eigenvalue weighted by molar-refractivity contribution is 4.95. The van der Waals surface area contributed by atoms with Crippen LogP contribution in [0.2, 0.25) is 0 Å². The van der Waals surface area contributed by atoms with Gasteiger partial charge in [-0.25, -0.2) is 0 Å². The standard InChI is InChI=1S/C6H8F3N3O2/c1-13-2-3(10)4-11-5(14-12-4)6(7,8)9/h3H,2,10H2,1H3. The van der Waals surface area contributed by atoms with Gasteiger partial charge in [-0.15, -0.1) is 0 Å². The van der Waals surface area contributed by atoms with Crippen LogP contribution in [0.5, 0.6) is 0 Å². The average Bonchev–Trinajstić information content (AvgIpc) is 2.51. The molecule has 0 spiro atoms. The van der Waals surface area contributed by atoms with Gasteiger partial charge in [0.25, 0.3) is 0 Å². The van der Waals surface area contributed by atoms with Crippen molar-refractivity contribution in [3.63, 3.8) is 0 Å². The fourth-order valence-electron chi connectivity index (χ4n) is 0.755. The largest absolute Gasteiger partial charge is 0.471 e. The van der Waals surface area contributed by atoms with Crippen molar-refractivity contribution in [3.8, 4) is 0 Å². The second-order valence-electron chi connectivity index (χ2n) is 2.52. The predicted octanol–water partition coefficient (Wildman–Crippen LogP) is 0.735. The lowest BCUT2D eigenvalue weighted by Gasteiger charge is -2.03. The number of hydrogen-bond acceptors (Lipinski definition) is 5. The van der Waals surface area contributed by atoms with Gasteiger partial charge in [-0.3, -0.25) is 0 Å². The van der Waals surface area contributed by atoms with Gasteiger partial charge in [-0.2, -0.15) is 18.2 Å². The van der Waals surface area contributed by atoms with E-state index in [0.717, 1.165) is 0 Å². The number of hydrogen-bond donors (Lipinski definition) is 1. The van der Waals surface area contributed by atoms with E-state index < -0.39 is 18.1 Å². The first kappa shape index (κ1) is 10.9. The third-order valence-corrected chi connectivity index (χ3v) is 1.36. The summed E-state index contributed by atoms with van der Waals surface area (Å²) >= 11 is 0. The number of nitrogens with zero attached hydrogens (tertiary/aromatic N) is 2. The van der Waals surface area contributed by atoms with Crippen molar-refractivity contribution in [1.29, 1.82) is 0 Å². The first-order valence-corrected chi connectivity index (χ1v) is 3.60. The summed E-state index contributed by atoms with van der Waals surface area (Å²) in [5.74, 6) is -1.63. The Kier molecular flexibility index (Phi) is 3.06. The minimum atomic E-state index is -4.64. The number of alkyl halides is 3. The number of ether oxygens (including phenoxy) is 1. The summed E-state index contributed by atoms with van der Waals surface area (Å²) in [6, 6.07) is -0.820. The van der Waals surface area contributed by atoms with Crippen molar-refractivity contribution in [2.24, 2.45) is 5.73 Å². The first-order chi connectivity index (χ1) is 6.45. The Morgan fingerprint density at radius 3 is 2.64 bits per heavy atom. The average molecular weight is 211 g/mol. The van der Waals surface area contributed by atoms with Gasteiger partial charge >= 0.3 is 12.1 Å². The summed E-state index contributed by atoms with van der Waals surface area (Å²) in [6.07, 6.45) is -4.64. The molecule has 0 amide bonds. The third kappa shape index (κ3) is 2.42. The van der Waals surface area contributed by atoms with E-state index >= 15 is 0 Å². The fourth-order valence-corrected chi connectivity index (χ4v) is 0.755. The van der Waals surface area contributed by atoms with Crippen molar-refractivity contribution in [2.45, 2.75) is 12.2 Å². The molecule has 0 aliphatic carbocycles. The summed E-state index contributed by atoms with van der Waals surface area (Å²) < 4.78 is 44.5. The minimum Gasteiger partial charge on any atom is -0.383 e. The molecule has 0 saturated heterocycles. The first-order valence-electron chi connectivity index (χ1n) is 3.60. The fraction of sp³-hybridized carbons (Fsp3) is 0.667. The molecule has 1 heterocycles. The lowest BCUT2D eigenvalue weighted by molar-refractivity contribution is -0.159. The highest BCUT2D eigenvalue weighted by atomic mass is 19.4. The van der Waals surface area contributed by atoms with E-state index in [1.54, 1.807) is 0 Å². The van der Waals surface area contributed by atoms with Crippen LogP contribution < -0.4 is 5.73 Å². The van der Waals surface area contributed by atoms with Gasteiger partial charge in [0.2, 0.25) is 0 Å². The molecule has 0 radical (unpaired) electrons. The van der Waals surface area contributed by atoms with E-state index in [1.807, 2.05) is 0 Å². The molecule has 0 aliphatic rings. The molecule has 1 rings (SSSR count). The molecule has 1 aromatic rings. The molecule has 0 saturated carbocycles. The molecule has 0 fully saturated rings. The van der Waals surface area contributed by atoms with E-state index in [2.05, 4.69) is 19.4 Å². The number of rotatable bonds is 3. The number of halogens is 3.